The molecule has 2 heterocycles. The largest absolute Gasteiger partial charge is 0.408 e. The summed E-state index contributed by atoms with van der Waals surface area (Å²) in [6, 6.07) is 0.130. The third-order valence-electron chi connectivity index (χ3n) is 5.54. The third kappa shape index (κ3) is 5.34. The lowest BCUT2D eigenvalue weighted by molar-refractivity contribution is -0.284. The topological polar surface area (TPSA) is 51.2 Å². The van der Waals surface area contributed by atoms with Crippen LogP contribution in [-0.4, -0.2) is 53.2 Å². The zero-order chi connectivity index (χ0) is 20.5. The Morgan fingerprint density at radius 2 is 1.56 bits per heavy atom. The number of unbranched alkanes of at least 4 members (excludes halogenated alkanes) is 1. The van der Waals surface area contributed by atoms with Crippen LogP contribution in [0.1, 0.15) is 81.1 Å². The quantitative estimate of drug-likeness (QED) is 0.541. The van der Waals surface area contributed by atoms with Crippen molar-refractivity contribution < 1.29 is 18.5 Å². The van der Waals surface area contributed by atoms with E-state index in [0.717, 1.165) is 32.2 Å². The van der Waals surface area contributed by atoms with Gasteiger partial charge in [0.25, 0.3) is 0 Å². The van der Waals surface area contributed by atoms with E-state index in [1.54, 1.807) is 0 Å². The van der Waals surface area contributed by atoms with E-state index in [1.165, 1.54) is 0 Å². The standard InChI is InChI=1S/C20H41N2O4P/c1-9-11-12-21(27(23)25-15-18(3,4)16-26-27)17-13-19(5,6)22(24-10-2)20(7,8)14-17/h17H,9-16H2,1-8H3. The third-order valence-corrected chi connectivity index (χ3v) is 7.61. The minimum atomic E-state index is -3.28. The van der Waals surface area contributed by atoms with Crippen LogP contribution in [0.2, 0.25) is 0 Å². The normalized spacial score (nSPS) is 27.7. The molecule has 0 N–H and O–H groups in total. The summed E-state index contributed by atoms with van der Waals surface area (Å²) in [4.78, 5) is 6.00. The van der Waals surface area contributed by atoms with Gasteiger partial charge in [0.15, 0.2) is 0 Å². The van der Waals surface area contributed by atoms with E-state index in [0.29, 0.717) is 19.8 Å². The molecule has 2 saturated heterocycles. The van der Waals surface area contributed by atoms with Crippen molar-refractivity contribution in [2.24, 2.45) is 5.41 Å². The van der Waals surface area contributed by atoms with Crippen LogP contribution < -0.4 is 0 Å². The summed E-state index contributed by atoms with van der Waals surface area (Å²) in [5.41, 5.74) is -0.427. The molecule has 160 valence electrons. The van der Waals surface area contributed by atoms with Crippen LogP contribution in [-0.2, 0) is 18.5 Å². The molecule has 0 aromatic heterocycles. The first-order chi connectivity index (χ1) is 12.4. The fraction of sp³-hybridized carbons (Fsp3) is 1.00. The van der Waals surface area contributed by atoms with Crippen LogP contribution in [0, 0.1) is 5.41 Å². The first-order valence-corrected chi connectivity index (χ1v) is 12.0. The van der Waals surface area contributed by atoms with Gasteiger partial charge in [-0.25, -0.2) is 9.24 Å². The van der Waals surface area contributed by atoms with Gasteiger partial charge in [0.1, 0.15) is 0 Å². The summed E-state index contributed by atoms with van der Waals surface area (Å²) >= 11 is 0. The van der Waals surface area contributed by atoms with E-state index in [-0.39, 0.29) is 22.5 Å². The van der Waals surface area contributed by atoms with Crippen molar-refractivity contribution in [3.05, 3.63) is 0 Å². The molecule has 6 nitrogen and oxygen atoms in total. The molecule has 2 aliphatic rings. The average Bonchev–Trinajstić information content (AvgIpc) is 2.54. The van der Waals surface area contributed by atoms with Crippen molar-refractivity contribution in [3.63, 3.8) is 0 Å². The molecule has 27 heavy (non-hydrogen) atoms. The van der Waals surface area contributed by atoms with Gasteiger partial charge in [-0.2, -0.15) is 5.06 Å². The van der Waals surface area contributed by atoms with Crippen LogP contribution in [0.4, 0.5) is 0 Å². The lowest BCUT2D eigenvalue weighted by Gasteiger charge is -2.56. The Hall–Kier alpha value is 0.0300. The van der Waals surface area contributed by atoms with E-state index >= 15 is 0 Å². The number of hydroxylamine groups is 2. The summed E-state index contributed by atoms with van der Waals surface area (Å²) < 4.78 is 27.6. The molecule has 0 spiro atoms. The predicted octanol–water partition coefficient (Wildman–Crippen LogP) is 5.24. The van der Waals surface area contributed by atoms with Crippen LogP contribution in [0.3, 0.4) is 0 Å². The molecule has 2 fully saturated rings. The van der Waals surface area contributed by atoms with E-state index in [1.807, 2.05) is 6.92 Å². The van der Waals surface area contributed by atoms with Gasteiger partial charge in [-0.05, 0) is 53.9 Å². The number of nitrogens with zero attached hydrogens (tertiary/aromatic N) is 2. The van der Waals surface area contributed by atoms with Crippen molar-refractivity contribution in [3.8, 4) is 0 Å². The minimum absolute atomic E-state index is 0.0960. The first-order valence-electron chi connectivity index (χ1n) is 10.5. The van der Waals surface area contributed by atoms with E-state index in [2.05, 4.69) is 58.2 Å². The highest BCUT2D eigenvalue weighted by molar-refractivity contribution is 7.51. The Kier molecular flexibility index (Phi) is 7.26. The van der Waals surface area contributed by atoms with Crippen molar-refractivity contribution in [1.82, 2.24) is 9.73 Å². The fourth-order valence-corrected chi connectivity index (χ4v) is 6.81. The Bertz CT molecular complexity index is 518. The maximum absolute atomic E-state index is 13.7. The van der Waals surface area contributed by atoms with Gasteiger partial charge in [-0.3, -0.25) is 13.9 Å². The summed E-state index contributed by atoms with van der Waals surface area (Å²) in [5, 5.41) is 2.14. The highest BCUT2D eigenvalue weighted by atomic mass is 31.2. The highest BCUT2D eigenvalue weighted by Crippen LogP contribution is 2.59. The second-order valence-electron chi connectivity index (χ2n) is 10.1. The van der Waals surface area contributed by atoms with E-state index in [9.17, 15) is 4.57 Å². The zero-order valence-corrected chi connectivity index (χ0v) is 19.6. The molecule has 0 aromatic carbocycles. The van der Waals surface area contributed by atoms with Gasteiger partial charge in [0.2, 0.25) is 0 Å². The molecular formula is C20H41N2O4P. The molecule has 0 bridgehead atoms. The Morgan fingerprint density at radius 1 is 1.04 bits per heavy atom. The van der Waals surface area contributed by atoms with Gasteiger partial charge in [0, 0.05) is 29.1 Å². The van der Waals surface area contributed by atoms with Gasteiger partial charge in [0.05, 0.1) is 19.8 Å². The fourth-order valence-electron chi connectivity index (χ4n) is 4.46. The maximum atomic E-state index is 13.7. The Balaban J connectivity index is 2.28. The summed E-state index contributed by atoms with van der Waals surface area (Å²) in [7, 11) is -3.28. The second-order valence-corrected chi connectivity index (χ2v) is 12.1. The van der Waals surface area contributed by atoms with Crippen molar-refractivity contribution >= 4 is 7.75 Å². The number of hydrogen-bond donors (Lipinski definition) is 0. The minimum Gasteiger partial charge on any atom is -0.298 e. The summed E-state index contributed by atoms with van der Waals surface area (Å²) in [6.07, 6.45) is 3.75. The lowest BCUT2D eigenvalue weighted by atomic mass is 9.79. The predicted molar refractivity (Wildman–Crippen MR) is 110 cm³/mol. The molecule has 0 aromatic rings. The van der Waals surface area contributed by atoms with Crippen LogP contribution in [0.15, 0.2) is 0 Å². The molecule has 2 rings (SSSR count). The van der Waals surface area contributed by atoms with Gasteiger partial charge in [-0.15, -0.1) is 0 Å². The molecule has 0 atom stereocenters. The van der Waals surface area contributed by atoms with Gasteiger partial charge >= 0.3 is 7.75 Å². The lowest BCUT2D eigenvalue weighted by Crippen LogP contribution is -2.63. The highest BCUT2D eigenvalue weighted by Gasteiger charge is 2.52. The van der Waals surface area contributed by atoms with Crippen molar-refractivity contribution in [1.29, 1.82) is 0 Å². The monoisotopic (exact) mass is 404 g/mol. The molecule has 0 radical (unpaired) electrons. The molecule has 2 aliphatic heterocycles. The zero-order valence-electron chi connectivity index (χ0n) is 18.7. The number of hydrogen-bond acceptors (Lipinski definition) is 5. The van der Waals surface area contributed by atoms with E-state index < -0.39 is 7.75 Å². The van der Waals surface area contributed by atoms with Crippen LogP contribution in [0.5, 0.6) is 0 Å². The van der Waals surface area contributed by atoms with Gasteiger partial charge < -0.3 is 0 Å². The first kappa shape index (κ1) is 23.3. The Morgan fingerprint density at radius 3 is 2.00 bits per heavy atom. The molecule has 0 saturated carbocycles. The number of piperidine rings is 1. The molecule has 7 heteroatoms. The van der Waals surface area contributed by atoms with Crippen molar-refractivity contribution in [2.45, 2.75) is 98.2 Å². The molecule has 0 unspecified atom stereocenters. The molecular weight excluding hydrogens is 363 g/mol. The summed E-state index contributed by atoms with van der Waals surface area (Å²) in [6.45, 7) is 19.5. The second kappa shape index (κ2) is 8.41. The molecule has 0 aliphatic carbocycles. The van der Waals surface area contributed by atoms with Crippen LogP contribution >= 0.6 is 7.75 Å². The van der Waals surface area contributed by atoms with Gasteiger partial charge in [-0.1, -0.05) is 27.2 Å². The average molecular weight is 405 g/mol. The summed E-state index contributed by atoms with van der Waals surface area (Å²) in [5.74, 6) is 0. The van der Waals surface area contributed by atoms with Crippen molar-refractivity contribution in [2.75, 3.05) is 26.4 Å². The number of rotatable bonds is 7. The SMILES string of the molecule is CCCCN(C1CC(C)(C)N(OCC)C(C)(C)C1)P1(=O)OCC(C)(C)CO1. The molecule has 0 amide bonds. The van der Waals surface area contributed by atoms with Crippen LogP contribution in [0.25, 0.3) is 0 Å². The van der Waals surface area contributed by atoms with E-state index in [4.69, 9.17) is 13.9 Å². The smallest absolute Gasteiger partial charge is 0.298 e. The Labute approximate surface area is 166 Å². The maximum Gasteiger partial charge on any atom is 0.408 e.